The van der Waals surface area contributed by atoms with Crippen LogP contribution in [0.25, 0.3) is 0 Å². The molecule has 6 heteroatoms. The average Bonchev–Trinajstić information content (AvgIpc) is 0.722. The number of hydrogen-bond donors (Lipinski definition) is 1. The van der Waals surface area contributed by atoms with Crippen molar-refractivity contribution in [3.63, 3.8) is 0 Å². The van der Waals surface area contributed by atoms with E-state index in [1.54, 1.807) is 0 Å². The van der Waals surface area contributed by atoms with Gasteiger partial charge >= 0.3 is 30.0 Å². The van der Waals surface area contributed by atoms with Gasteiger partial charge < -0.3 is 0 Å². The van der Waals surface area contributed by atoms with Crippen molar-refractivity contribution in [2.45, 2.75) is 0 Å². The third-order valence-electron chi connectivity index (χ3n) is 0. The van der Waals surface area contributed by atoms with Crippen LogP contribution in [-0.2, 0) is 26.2 Å². The van der Waals surface area contributed by atoms with Gasteiger partial charge in [0, 0.05) is 29.6 Å². The summed E-state index contributed by atoms with van der Waals surface area (Å²) in [6.45, 7) is 0. The summed E-state index contributed by atoms with van der Waals surface area (Å²) in [5.41, 5.74) is 0. The van der Waals surface area contributed by atoms with E-state index in [4.69, 9.17) is 14.2 Å². The van der Waals surface area contributed by atoms with Gasteiger partial charge in [0.1, 0.15) is 0 Å². The topological polar surface area (TPSA) is 71.4 Å². The molecule has 0 aromatic rings. The summed E-state index contributed by atoms with van der Waals surface area (Å²) in [4.78, 5) is 0. The monoisotopic (exact) mass is 275 g/mol. The molecule has 0 heterocycles. The quantitative estimate of drug-likeness (QED) is 0.558. The second kappa shape index (κ2) is 3.08. The fraction of sp³-hybridized carbons (Fsp3) is 0. The van der Waals surface area contributed by atoms with Crippen molar-refractivity contribution >= 4 is 29.6 Å². The first-order valence-electron chi connectivity index (χ1n) is 0.632. The Balaban J connectivity index is 0. The second-order valence-electron chi connectivity index (χ2n) is 0.396. The third-order valence-corrected chi connectivity index (χ3v) is 0. The van der Waals surface area contributed by atoms with Crippen molar-refractivity contribution in [2.24, 2.45) is 0 Å². The summed E-state index contributed by atoms with van der Waals surface area (Å²) in [6.07, 6.45) is 0. The fourth-order valence-corrected chi connectivity index (χ4v) is 0. The Kier molecular flexibility index (Phi) is 5.18. The Morgan fingerprint density at radius 1 is 1.17 bits per heavy atom. The molecular weight excluding hydrogens is 273 g/mol. The maximum atomic E-state index is 8.75. The second-order valence-corrected chi connectivity index (χ2v) is 3.24. The van der Waals surface area contributed by atoms with E-state index in [1.807, 2.05) is 0 Å². The Morgan fingerprint density at radius 2 is 1.17 bits per heavy atom. The first-order chi connectivity index (χ1) is 2.00. The molecule has 0 aromatic heterocycles. The summed E-state index contributed by atoms with van der Waals surface area (Å²) in [7, 11) is 0. The van der Waals surface area contributed by atoms with Gasteiger partial charge in [-0.25, -0.2) is 0 Å². The van der Waals surface area contributed by atoms with Crippen LogP contribution in [0.4, 0.5) is 0 Å². The van der Waals surface area contributed by atoms with Crippen LogP contribution in [-0.4, -0.2) is 33.4 Å². The molecule has 0 unspecified atom stereocenters. The van der Waals surface area contributed by atoms with Crippen LogP contribution in [0.5, 0.6) is 0 Å². The molecule has 1 radical (unpaired) electrons. The molecule has 0 amide bonds. The molecule has 0 saturated heterocycles. The SMILES string of the molecule is [Na].[O]=[Re](=[O])(=[O])[OH]. The van der Waals surface area contributed by atoms with Gasteiger partial charge in [0.25, 0.3) is 0 Å². The van der Waals surface area contributed by atoms with Gasteiger partial charge in [0.05, 0.1) is 0 Å². The molecule has 6 heavy (non-hydrogen) atoms. The number of rotatable bonds is 0. The van der Waals surface area contributed by atoms with E-state index in [0.29, 0.717) is 0 Å². The minimum absolute atomic E-state index is 0. The third kappa shape index (κ3) is 77.7. The molecule has 0 aliphatic carbocycles. The van der Waals surface area contributed by atoms with Crippen molar-refractivity contribution < 1.29 is 30.0 Å². The van der Waals surface area contributed by atoms with Crippen molar-refractivity contribution in [2.75, 3.05) is 0 Å². The Bertz CT molecular complexity index is 129. The molecule has 0 atom stereocenters. The van der Waals surface area contributed by atoms with Crippen molar-refractivity contribution in [1.29, 1.82) is 0 Å². The van der Waals surface area contributed by atoms with E-state index in [1.165, 1.54) is 0 Å². The maximum absolute atomic E-state index is 8.75. The summed E-state index contributed by atoms with van der Waals surface area (Å²) < 4.78 is 33.3. The van der Waals surface area contributed by atoms with Crippen LogP contribution in [0.2, 0.25) is 0 Å². The van der Waals surface area contributed by atoms with Gasteiger partial charge in [0.15, 0.2) is 0 Å². The normalized spacial score (nSPS) is 9.50. The molecule has 0 spiro atoms. The van der Waals surface area contributed by atoms with E-state index < -0.39 is 15.8 Å². The van der Waals surface area contributed by atoms with Crippen LogP contribution >= 0.6 is 0 Å². The Labute approximate surface area is 59.2 Å². The Hall–Kier alpha value is 1.02. The summed E-state index contributed by atoms with van der Waals surface area (Å²) in [6, 6.07) is 0. The molecule has 4 nitrogen and oxygen atoms in total. The van der Waals surface area contributed by atoms with E-state index in [9.17, 15) is 0 Å². The van der Waals surface area contributed by atoms with Gasteiger partial charge in [-0.2, -0.15) is 0 Å². The predicted octanol–water partition coefficient (Wildman–Crippen LogP) is -1.30. The molecule has 0 aromatic carbocycles. The van der Waals surface area contributed by atoms with Gasteiger partial charge in [-0.3, -0.25) is 0 Å². The predicted molar refractivity (Wildman–Crippen MR) is 10.0 cm³/mol. The molecule has 0 aliphatic heterocycles. The van der Waals surface area contributed by atoms with Crippen LogP contribution in [0, 0.1) is 0 Å². The molecule has 1 N–H and O–H groups in total. The van der Waals surface area contributed by atoms with Gasteiger partial charge in [-0.1, -0.05) is 0 Å². The molecule has 33 valence electrons. The van der Waals surface area contributed by atoms with Crippen LogP contribution in [0.1, 0.15) is 0 Å². The van der Waals surface area contributed by atoms with Gasteiger partial charge in [-0.15, -0.1) is 0 Å². The Morgan fingerprint density at radius 3 is 1.17 bits per heavy atom. The van der Waals surface area contributed by atoms with Crippen LogP contribution < -0.4 is 0 Å². The van der Waals surface area contributed by atoms with Gasteiger partial charge in [-0.05, 0) is 0 Å². The minimum atomic E-state index is -5.86. The average molecular weight is 274 g/mol. The molecule has 0 fully saturated rings. The van der Waals surface area contributed by atoms with Gasteiger partial charge in [0.2, 0.25) is 0 Å². The molecule has 0 rings (SSSR count). The van der Waals surface area contributed by atoms with Crippen molar-refractivity contribution in [3.8, 4) is 0 Å². The summed E-state index contributed by atoms with van der Waals surface area (Å²) >= 11 is -5.86. The van der Waals surface area contributed by atoms with Crippen molar-refractivity contribution in [3.05, 3.63) is 0 Å². The first kappa shape index (κ1) is 10.1. The van der Waals surface area contributed by atoms with Crippen molar-refractivity contribution in [1.82, 2.24) is 0 Å². The molecule has 0 saturated carbocycles. The van der Waals surface area contributed by atoms with E-state index in [0.717, 1.165) is 0 Å². The standard InChI is InChI=1S/Na.H2O.3O.Re/h;1H2;;;;/q;;;;;+1/p-1. The van der Waals surface area contributed by atoms with Crippen LogP contribution in [0.15, 0.2) is 0 Å². The molecular formula is HNaO4Re. The zero-order valence-electron chi connectivity index (χ0n) is 3.05. The number of hydrogen-bond acceptors (Lipinski definition) is 3. The van der Waals surface area contributed by atoms with E-state index >= 15 is 0 Å². The summed E-state index contributed by atoms with van der Waals surface area (Å²) in [5, 5.41) is 0. The first-order valence-corrected chi connectivity index (χ1v) is 5.17. The zero-order valence-corrected chi connectivity index (χ0v) is 7.77. The summed E-state index contributed by atoms with van der Waals surface area (Å²) in [5.74, 6) is 0. The fourth-order valence-electron chi connectivity index (χ4n) is 0. The van der Waals surface area contributed by atoms with Crippen LogP contribution in [0.3, 0.4) is 0 Å². The van der Waals surface area contributed by atoms with E-state index in [2.05, 4.69) is 0 Å². The molecule has 0 aliphatic rings. The van der Waals surface area contributed by atoms with E-state index in [-0.39, 0.29) is 29.6 Å². The molecule has 0 bridgehead atoms. The zero-order chi connectivity index (χ0) is 4.50.